The molecule has 0 spiro atoms. The number of hydrogen-bond acceptors (Lipinski definition) is 6. The molecule has 0 aromatic heterocycles. The quantitative estimate of drug-likeness (QED) is 0.616. The molecule has 2 heterocycles. The van der Waals surface area contributed by atoms with Gasteiger partial charge in [0.2, 0.25) is 5.91 Å². The molecule has 0 saturated carbocycles. The molecule has 4 N–H and O–H groups in total. The minimum absolute atomic E-state index is 0.0397. The predicted octanol–water partition coefficient (Wildman–Crippen LogP) is -0.152. The summed E-state index contributed by atoms with van der Waals surface area (Å²) in [6, 6.07) is 5.29. The van der Waals surface area contributed by atoms with Gasteiger partial charge in [-0.1, -0.05) is 6.07 Å². The molecule has 2 aliphatic heterocycles. The maximum absolute atomic E-state index is 13.3. The van der Waals surface area contributed by atoms with Crippen molar-refractivity contribution < 1.29 is 18.7 Å². The van der Waals surface area contributed by atoms with Crippen LogP contribution in [0.3, 0.4) is 0 Å². The summed E-state index contributed by atoms with van der Waals surface area (Å²) in [5, 5.41) is 2.95. The van der Waals surface area contributed by atoms with Gasteiger partial charge in [0.25, 0.3) is 0 Å². The van der Waals surface area contributed by atoms with E-state index >= 15 is 0 Å². The first-order chi connectivity index (χ1) is 11.1. The van der Waals surface area contributed by atoms with Crippen molar-refractivity contribution >= 4 is 5.91 Å². The molecule has 2 saturated heterocycles. The van der Waals surface area contributed by atoms with Crippen molar-refractivity contribution in [3.8, 4) is 5.75 Å². The van der Waals surface area contributed by atoms with Crippen molar-refractivity contribution in [2.24, 2.45) is 0 Å². The third kappa shape index (κ3) is 3.97. The first-order valence-corrected chi connectivity index (χ1v) is 7.70. The van der Waals surface area contributed by atoms with Crippen LogP contribution in [0.2, 0.25) is 0 Å². The SMILES string of the molecule is CC1NNNC1C(=O)N[C@@H]1COCC[C@@H]1Oc1cccc(F)c1. The van der Waals surface area contributed by atoms with Crippen LogP contribution in [0.5, 0.6) is 5.75 Å². The summed E-state index contributed by atoms with van der Waals surface area (Å²) in [6.07, 6.45) is 0.373. The van der Waals surface area contributed by atoms with Crippen molar-refractivity contribution in [1.29, 1.82) is 0 Å². The van der Waals surface area contributed by atoms with Gasteiger partial charge in [-0.25, -0.2) is 15.2 Å². The third-order valence-corrected chi connectivity index (χ3v) is 4.01. The van der Waals surface area contributed by atoms with Gasteiger partial charge in [0.1, 0.15) is 23.7 Å². The van der Waals surface area contributed by atoms with Crippen molar-refractivity contribution in [1.82, 2.24) is 21.7 Å². The highest BCUT2D eigenvalue weighted by Crippen LogP contribution is 2.19. The fourth-order valence-electron chi connectivity index (χ4n) is 2.72. The van der Waals surface area contributed by atoms with Crippen LogP contribution in [0, 0.1) is 5.82 Å². The van der Waals surface area contributed by atoms with Gasteiger partial charge in [0.15, 0.2) is 0 Å². The van der Waals surface area contributed by atoms with E-state index in [1.807, 2.05) is 6.92 Å². The summed E-state index contributed by atoms with van der Waals surface area (Å²) in [7, 11) is 0. The molecular weight excluding hydrogens is 303 g/mol. The second kappa shape index (κ2) is 7.22. The summed E-state index contributed by atoms with van der Waals surface area (Å²) >= 11 is 0. The van der Waals surface area contributed by atoms with Gasteiger partial charge in [-0.2, -0.15) is 5.53 Å². The monoisotopic (exact) mass is 324 g/mol. The van der Waals surface area contributed by atoms with Crippen LogP contribution in [0.15, 0.2) is 24.3 Å². The number of nitrogens with one attached hydrogen (secondary N) is 4. The van der Waals surface area contributed by atoms with Crippen LogP contribution in [-0.4, -0.2) is 43.4 Å². The van der Waals surface area contributed by atoms with Crippen molar-refractivity contribution in [3.63, 3.8) is 0 Å². The van der Waals surface area contributed by atoms with Crippen molar-refractivity contribution in [2.45, 2.75) is 37.6 Å². The number of hydrazine groups is 2. The van der Waals surface area contributed by atoms with Crippen molar-refractivity contribution in [2.75, 3.05) is 13.2 Å². The Kier molecular flexibility index (Phi) is 5.06. The standard InChI is InChI=1S/C15H21FN4O3/c1-9-14(19-20-18-9)15(21)17-12-8-22-6-5-13(12)23-11-4-2-3-10(16)7-11/h2-4,7,9,12-14,18-20H,5-6,8H2,1H3,(H,17,21)/t9?,12-,13+,14?/m1/s1. The van der Waals surface area contributed by atoms with Gasteiger partial charge >= 0.3 is 0 Å². The third-order valence-electron chi connectivity index (χ3n) is 4.01. The number of ether oxygens (including phenoxy) is 2. The number of amides is 1. The summed E-state index contributed by atoms with van der Waals surface area (Å²) in [5.41, 5.74) is 8.51. The minimum atomic E-state index is -0.383. The highest BCUT2D eigenvalue weighted by atomic mass is 19.1. The van der Waals surface area contributed by atoms with Gasteiger partial charge < -0.3 is 14.8 Å². The lowest BCUT2D eigenvalue weighted by Crippen LogP contribution is -2.57. The number of carbonyl (C=O) groups is 1. The van der Waals surface area contributed by atoms with E-state index < -0.39 is 0 Å². The normalized spacial score (nSPS) is 30.9. The average molecular weight is 324 g/mol. The van der Waals surface area contributed by atoms with Crippen LogP contribution in [0.25, 0.3) is 0 Å². The summed E-state index contributed by atoms with van der Waals surface area (Å²) in [5.74, 6) is -0.0403. The van der Waals surface area contributed by atoms with Crippen LogP contribution in [0.1, 0.15) is 13.3 Å². The lowest BCUT2D eigenvalue weighted by molar-refractivity contribution is -0.126. The van der Waals surface area contributed by atoms with E-state index in [-0.39, 0.29) is 36.0 Å². The Hall–Kier alpha value is -1.74. The summed E-state index contributed by atoms with van der Waals surface area (Å²) < 4.78 is 24.6. The highest BCUT2D eigenvalue weighted by molar-refractivity contribution is 5.83. The lowest BCUT2D eigenvalue weighted by atomic mass is 10.0. The molecule has 1 aromatic carbocycles. The number of carbonyl (C=O) groups excluding carboxylic acids is 1. The highest BCUT2D eigenvalue weighted by Gasteiger charge is 2.34. The molecule has 2 fully saturated rings. The average Bonchev–Trinajstić information content (AvgIpc) is 2.95. The Labute approximate surface area is 133 Å². The Balaban J connectivity index is 1.63. The summed E-state index contributed by atoms with van der Waals surface area (Å²) in [4.78, 5) is 12.4. The largest absolute Gasteiger partial charge is 0.488 e. The molecule has 0 radical (unpaired) electrons. The Morgan fingerprint density at radius 1 is 1.43 bits per heavy atom. The van der Waals surface area contributed by atoms with E-state index in [1.54, 1.807) is 12.1 Å². The molecule has 3 rings (SSSR count). The molecule has 1 aromatic rings. The number of benzene rings is 1. The molecule has 0 aliphatic carbocycles. The van der Waals surface area contributed by atoms with Crippen LogP contribution in [0.4, 0.5) is 4.39 Å². The molecule has 2 aliphatic rings. The molecule has 8 heteroatoms. The second-order valence-corrected chi connectivity index (χ2v) is 5.77. The van der Waals surface area contributed by atoms with Gasteiger partial charge in [-0.15, -0.1) is 0 Å². The zero-order valence-electron chi connectivity index (χ0n) is 12.8. The van der Waals surface area contributed by atoms with E-state index in [0.29, 0.717) is 25.4 Å². The predicted molar refractivity (Wildman–Crippen MR) is 80.8 cm³/mol. The first-order valence-electron chi connectivity index (χ1n) is 7.70. The number of hydrogen-bond donors (Lipinski definition) is 4. The molecular formula is C15H21FN4O3. The van der Waals surface area contributed by atoms with Crippen LogP contribution < -0.4 is 26.4 Å². The molecule has 7 nitrogen and oxygen atoms in total. The maximum Gasteiger partial charge on any atom is 0.240 e. The first kappa shape index (κ1) is 16.1. The van der Waals surface area contributed by atoms with E-state index in [4.69, 9.17) is 9.47 Å². The number of halogens is 1. The Bertz CT molecular complexity index is 559. The Morgan fingerprint density at radius 3 is 3.04 bits per heavy atom. The van der Waals surface area contributed by atoms with E-state index in [2.05, 4.69) is 21.7 Å². The Morgan fingerprint density at radius 2 is 2.30 bits per heavy atom. The van der Waals surface area contributed by atoms with E-state index in [9.17, 15) is 9.18 Å². The molecule has 4 atom stereocenters. The molecule has 1 amide bonds. The van der Waals surface area contributed by atoms with E-state index in [0.717, 1.165) is 0 Å². The van der Waals surface area contributed by atoms with Crippen molar-refractivity contribution in [3.05, 3.63) is 30.1 Å². The van der Waals surface area contributed by atoms with Crippen LogP contribution >= 0.6 is 0 Å². The van der Waals surface area contributed by atoms with Gasteiger partial charge in [-0.05, 0) is 19.1 Å². The van der Waals surface area contributed by atoms with E-state index in [1.165, 1.54) is 12.1 Å². The van der Waals surface area contributed by atoms with Gasteiger partial charge in [0, 0.05) is 18.5 Å². The van der Waals surface area contributed by atoms with Gasteiger partial charge in [-0.3, -0.25) is 4.79 Å². The smallest absolute Gasteiger partial charge is 0.240 e. The maximum atomic E-state index is 13.3. The lowest BCUT2D eigenvalue weighted by Gasteiger charge is -2.33. The molecule has 0 bridgehead atoms. The molecule has 126 valence electrons. The fourth-order valence-corrected chi connectivity index (χ4v) is 2.72. The zero-order valence-corrected chi connectivity index (χ0v) is 12.8. The topological polar surface area (TPSA) is 83.7 Å². The van der Waals surface area contributed by atoms with Gasteiger partial charge in [0.05, 0.1) is 19.3 Å². The second-order valence-electron chi connectivity index (χ2n) is 5.77. The molecule has 23 heavy (non-hydrogen) atoms. The van der Waals surface area contributed by atoms with Crippen LogP contribution in [-0.2, 0) is 9.53 Å². The molecule has 2 unspecified atom stereocenters. The minimum Gasteiger partial charge on any atom is -0.488 e. The number of rotatable bonds is 4. The summed E-state index contributed by atoms with van der Waals surface area (Å²) in [6.45, 7) is 2.82. The zero-order chi connectivity index (χ0) is 16.2. The fraction of sp³-hybridized carbons (Fsp3) is 0.533.